The van der Waals surface area contributed by atoms with Gasteiger partial charge in [0.15, 0.2) is 0 Å². The van der Waals surface area contributed by atoms with Crippen molar-refractivity contribution in [2.24, 2.45) is 5.73 Å². The van der Waals surface area contributed by atoms with Crippen LogP contribution in [0.25, 0.3) is 11.3 Å². The molecule has 0 unspecified atom stereocenters. The second kappa shape index (κ2) is 4.33. The zero-order valence-corrected chi connectivity index (χ0v) is 9.11. The molecule has 1 aromatic heterocycles. The molecule has 4 heteroatoms. The van der Waals surface area contributed by atoms with Gasteiger partial charge < -0.3 is 5.73 Å². The van der Waals surface area contributed by atoms with E-state index in [9.17, 15) is 4.79 Å². The quantitative estimate of drug-likeness (QED) is 0.865. The third kappa shape index (κ3) is 2.20. The Labute approximate surface area is 97.9 Å². The summed E-state index contributed by atoms with van der Waals surface area (Å²) < 4.78 is 0. The summed E-state index contributed by atoms with van der Waals surface area (Å²) in [7, 11) is 0. The Morgan fingerprint density at radius 1 is 1.12 bits per heavy atom. The van der Waals surface area contributed by atoms with Crippen LogP contribution >= 0.6 is 11.6 Å². The summed E-state index contributed by atoms with van der Waals surface area (Å²) in [4.78, 5) is 15.1. The topological polar surface area (TPSA) is 56.0 Å². The lowest BCUT2D eigenvalue weighted by Crippen LogP contribution is -2.10. The summed E-state index contributed by atoms with van der Waals surface area (Å²) in [6.07, 6.45) is 1.58. The van der Waals surface area contributed by atoms with Gasteiger partial charge in [-0.05, 0) is 24.3 Å². The molecule has 0 atom stereocenters. The molecule has 0 saturated heterocycles. The first-order chi connectivity index (χ1) is 7.66. The van der Waals surface area contributed by atoms with Crippen LogP contribution in [0, 0.1) is 0 Å². The number of nitrogens with zero attached hydrogens (tertiary/aromatic N) is 1. The molecule has 2 rings (SSSR count). The predicted molar refractivity (Wildman–Crippen MR) is 63.2 cm³/mol. The maximum absolute atomic E-state index is 10.9. The van der Waals surface area contributed by atoms with Crippen LogP contribution in [-0.2, 0) is 0 Å². The molecule has 3 nitrogen and oxygen atoms in total. The largest absolute Gasteiger partial charge is 0.366 e. The van der Waals surface area contributed by atoms with Crippen LogP contribution in [0.2, 0.25) is 5.02 Å². The van der Waals surface area contributed by atoms with Crippen molar-refractivity contribution in [2.75, 3.05) is 0 Å². The molecule has 1 amide bonds. The first-order valence-corrected chi connectivity index (χ1v) is 5.06. The van der Waals surface area contributed by atoms with E-state index in [4.69, 9.17) is 17.3 Å². The van der Waals surface area contributed by atoms with Crippen LogP contribution in [0.1, 0.15) is 10.4 Å². The minimum atomic E-state index is -0.435. The van der Waals surface area contributed by atoms with Gasteiger partial charge in [0.25, 0.3) is 0 Å². The van der Waals surface area contributed by atoms with Gasteiger partial charge in [-0.3, -0.25) is 9.78 Å². The lowest BCUT2D eigenvalue weighted by Gasteiger charge is -2.01. The van der Waals surface area contributed by atoms with Crippen molar-refractivity contribution >= 4 is 17.5 Å². The molecule has 2 N–H and O–H groups in total. The number of carbonyl (C=O) groups is 1. The van der Waals surface area contributed by atoms with E-state index >= 15 is 0 Å². The third-order valence-corrected chi connectivity index (χ3v) is 2.42. The molecule has 0 radical (unpaired) electrons. The summed E-state index contributed by atoms with van der Waals surface area (Å²) in [5, 5.41) is 0.595. The zero-order valence-electron chi connectivity index (χ0n) is 8.35. The SMILES string of the molecule is NC(=O)c1ccc(-c2ccc(Cl)cn2)cc1. The normalized spacial score (nSPS) is 10.1. The van der Waals surface area contributed by atoms with Crippen molar-refractivity contribution in [3.8, 4) is 11.3 Å². The van der Waals surface area contributed by atoms with Crippen LogP contribution in [0.15, 0.2) is 42.6 Å². The highest BCUT2D eigenvalue weighted by Crippen LogP contribution is 2.18. The van der Waals surface area contributed by atoms with Crippen molar-refractivity contribution in [2.45, 2.75) is 0 Å². The van der Waals surface area contributed by atoms with Crippen molar-refractivity contribution < 1.29 is 4.79 Å². The molecule has 0 aliphatic rings. The number of rotatable bonds is 2. The third-order valence-electron chi connectivity index (χ3n) is 2.19. The molecule has 1 aromatic carbocycles. The molecule has 0 spiro atoms. The van der Waals surface area contributed by atoms with E-state index in [0.717, 1.165) is 11.3 Å². The van der Waals surface area contributed by atoms with Crippen LogP contribution in [0.5, 0.6) is 0 Å². The minimum Gasteiger partial charge on any atom is -0.366 e. The Bertz CT molecular complexity index is 506. The number of benzene rings is 1. The second-order valence-corrected chi connectivity index (χ2v) is 3.74. The predicted octanol–water partition coefficient (Wildman–Crippen LogP) is 2.50. The summed E-state index contributed by atoms with van der Waals surface area (Å²) in [6.45, 7) is 0. The lowest BCUT2D eigenvalue weighted by molar-refractivity contribution is 0.100. The number of halogens is 1. The van der Waals surface area contributed by atoms with E-state index in [1.54, 1.807) is 36.5 Å². The van der Waals surface area contributed by atoms with Crippen molar-refractivity contribution in [1.29, 1.82) is 0 Å². The monoisotopic (exact) mass is 232 g/mol. The number of pyridine rings is 1. The van der Waals surface area contributed by atoms with E-state index in [0.29, 0.717) is 10.6 Å². The number of amides is 1. The van der Waals surface area contributed by atoms with Crippen molar-refractivity contribution in [1.82, 2.24) is 4.98 Å². The number of hydrogen-bond donors (Lipinski definition) is 1. The summed E-state index contributed by atoms with van der Waals surface area (Å²) >= 11 is 5.74. The van der Waals surface area contributed by atoms with Gasteiger partial charge in [-0.2, -0.15) is 0 Å². The number of hydrogen-bond acceptors (Lipinski definition) is 2. The Morgan fingerprint density at radius 2 is 1.81 bits per heavy atom. The molecule has 1 heterocycles. The fourth-order valence-corrected chi connectivity index (χ4v) is 1.46. The van der Waals surface area contributed by atoms with Gasteiger partial charge in [0.1, 0.15) is 0 Å². The van der Waals surface area contributed by atoms with E-state index < -0.39 is 5.91 Å². The van der Waals surface area contributed by atoms with E-state index in [2.05, 4.69) is 4.98 Å². The Kier molecular flexibility index (Phi) is 2.88. The first kappa shape index (κ1) is 10.6. The maximum Gasteiger partial charge on any atom is 0.248 e. The minimum absolute atomic E-state index is 0.435. The van der Waals surface area contributed by atoms with Gasteiger partial charge in [-0.1, -0.05) is 23.7 Å². The Morgan fingerprint density at radius 3 is 2.31 bits per heavy atom. The van der Waals surface area contributed by atoms with E-state index in [-0.39, 0.29) is 0 Å². The highest BCUT2D eigenvalue weighted by molar-refractivity contribution is 6.30. The highest BCUT2D eigenvalue weighted by atomic mass is 35.5. The molecular weight excluding hydrogens is 224 g/mol. The van der Waals surface area contributed by atoms with Gasteiger partial charge in [-0.25, -0.2) is 0 Å². The first-order valence-electron chi connectivity index (χ1n) is 4.68. The molecule has 0 aliphatic carbocycles. The average Bonchev–Trinajstić information content (AvgIpc) is 2.30. The summed E-state index contributed by atoms with van der Waals surface area (Å²) in [5.41, 5.74) is 7.36. The van der Waals surface area contributed by atoms with Gasteiger partial charge in [0, 0.05) is 17.3 Å². The molecule has 0 saturated carbocycles. The van der Waals surface area contributed by atoms with Gasteiger partial charge >= 0.3 is 0 Å². The highest BCUT2D eigenvalue weighted by Gasteiger charge is 2.02. The zero-order chi connectivity index (χ0) is 11.5. The average molecular weight is 233 g/mol. The molecule has 0 bridgehead atoms. The summed E-state index contributed by atoms with van der Waals surface area (Å²) in [5.74, 6) is -0.435. The van der Waals surface area contributed by atoms with Crippen molar-refractivity contribution in [3.63, 3.8) is 0 Å². The molecule has 80 valence electrons. The lowest BCUT2D eigenvalue weighted by atomic mass is 10.1. The van der Waals surface area contributed by atoms with Gasteiger partial charge in [0.2, 0.25) is 5.91 Å². The van der Waals surface area contributed by atoms with Gasteiger partial charge in [-0.15, -0.1) is 0 Å². The molecule has 0 fully saturated rings. The van der Waals surface area contributed by atoms with E-state index in [1.165, 1.54) is 0 Å². The number of aromatic nitrogens is 1. The fraction of sp³-hybridized carbons (Fsp3) is 0. The Balaban J connectivity index is 2.34. The maximum atomic E-state index is 10.9. The van der Waals surface area contributed by atoms with Crippen LogP contribution in [0.3, 0.4) is 0 Å². The fourth-order valence-electron chi connectivity index (χ4n) is 1.35. The number of nitrogens with two attached hydrogens (primary N) is 1. The molecule has 2 aromatic rings. The molecule has 0 aliphatic heterocycles. The molecule has 16 heavy (non-hydrogen) atoms. The molecular formula is C12H9ClN2O. The standard InChI is InChI=1S/C12H9ClN2O/c13-10-5-6-11(15-7-10)8-1-3-9(4-2-8)12(14)16/h1-7H,(H2,14,16). The van der Waals surface area contributed by atoms with Crippen LogP contribution < -0.4 is 5.73 Å². The van der Waals surface area contributed by atoms with Crippen LogP contribution in [-0.4, -0.2) is 10.9 Å². The van der Waals surface area contributed by atoms with Crippen LogP contribution in [0.4, 0.5) is 0 Å². The van der Waals surface area contributed by atoms with Crippen molar-refractivity contribution in [3.05, 3.63) is 53.2 Å². The summed E-state index contributed by atoms with van der Waals surface area (Å²) in [6, 6.07) is 10.5. The second-order valence-electron chi connectivity index (χ2n) is 3.30. The number of carbonyl (C=O) groups excluding carboxylic acids is 1. The van der Waals surface area contributed by atoms with Gasteiger partial charge in [0.05, 0.1) is 10.7 Å². The number of primary amides is 1. The smallest absolute Gasteiger partial charge is 0.248 e. The Hall–Kier alpha value is -1.87. The van der Waals surface area contributed by atoms with E-state index in [1.807, 2.05) is 6.07 Å².